The molecule has 0 aliphatic carbocycles. The Kier molecular flexibility index (Phi) is 6.63. The van der Waals surface area contributed by atoms with Gasteiger partial charge < -0.3 is 14.8 Å². The van der Waals surface area contributed by atoms with Gasteiger partial charge in [0.25, 0.3) is 0 Å². The lowest BCUT2D eigenvalue weighted by molar-refractivity contribution is -0.125. The van der Waals surface area contributed by atoms with Gasteiger partial charge in [-0.3, -0.25) is 4.79 Å². The summed E-state index contributed by atoms with van der Waals surface area (Å²) in [5.74, 6) is 1.31. The van der Waals surface area contributed by atoms with Gasteiger partial charge in [-0.2, -0.15) is 0 Å². The Morgan fingerprint density at radius 2 is 1.86 bits per heavy atom. The van der Waals surface area contributed by atoms with Crippen LogP contribution in [0, 0.1) is 12.8 Å². The van der Waals surface area contributed by atoms with Crippen LogP contribution in [0.3, 0.4) is 0 Å². The molecule has 0 atom stereocenters. The van der Waals surface area contributed by atoms with Crippen molar-refractivity contribution < 1.29 is 14.3 Å². The number of benzene rings is 2. The highest BCUT2D eigenvalue weighted by atomic mass is 35.5. The van der Waals surface area contributed by atoms with Gasteiger partial charge >= 0.3 is 0 Å². The molecule has 1 N–H and O–H groups in total. The van der Waals surface area contributed by atoms with Gasteiger partial charge in [0.15, 0.2) is 0 Å². The first-order valence-electron chi connectivity index (χ1n) is 9.79. The minimum absolute atomic E-state index is 0.00614. The fourth-order valence-corrected chi connectivity index (χ4v) is 3.66. The van der Waals surface area contributed by atoms with E-state index in [-0.39, 0.29) is 5.91 Å². The Bertz CT molecular complexity index is 811. The van der Waals surface area contributed by atoms with Crippen molar-refractivity contribution in [3.63, 3.8) is 0 Å². The van der Waals surface area contributed by atoms with Crippen LogP contribution in [0.25, 0.3) is 0 Å². The normalized spacial score (nSPS) is 16.0. The molecule has 5 heteroatoms. The van der Waals surface area contributed by atoms with Crippen LogP contribution in [0.4, 0.5) is 5.69 Å². The summed E-state index contributed by atoms with van der Waals surface area (Å²) in [5, 5.41) is 3.78. The quantitative estimate of drug-likeness (QED) is 0.707. The average Bonchev–Trinajstić information content (AvgIpc) is 2.68. The third kappa shape index (κ3) is 4.68. The molecule has 1 aliphatic rings. The van der Waals surface area contributed by atoms with Crippen LogP contribution in [-0.2, 0) is 14.9 Å². The number of ether oxygens (including phenoxy) is 2. The zero-order chi connectivity index (χ0) is 20.1. The van der Waals surface area contributed by atoms with Gasteiger partial charge in [-0.15, -0.1) is 0 Å². The summed E-state index contributed by atoms with van der Waals surface area (Å²) in [6.07, 6.45) is 1.30. The molecule has 1 aliphatic heterocycles. The van der Waals surface area contributed by atoms with Crippen LogP contribution < -0.4 is 10.1 Å². The number of aryl methyl sites for hydroxylation is 1. The van der Waals surface area contributed by atoms with E-state index >= 15 is 0 Å². The highest BCUT2D eigenvalue weighted by molar-refractivity contribution is 6.30. The second-order valence-corrected chi connectivity index (χ2v) is 8.28. The van der Waals surface area contributed by atoms with E-state index in [1.807, 2.05) is 49.4 Å². The third-order valence-electron chi connectivity index (χ3n) is 5.18. The zero-order valence-electron chi connectivity index (χ0n) is 16.8. The molecule has 2 aromatic rings. The van der Waals surface area contributed by atoms with E-state index in [9.17, 15) is 4.79 Å². The second-order valence-electron chi connectivity index (χ2n) is 7.84. The van der Waals surface area contributed by atoms with Crippen molar-refractivity contribution in [3.8, 4) is 5.75 Å². The zero-order valence-corrected chi connectivity index (χ0v) is 17.5. The maximum atomic E-state index is 13.4. The van der Waals surface area contributed by atoms with Gasteiger partial charge in [0.1, 0.15) is 5.75 Å². The Morgan fingerprint density at radius 1 is 1.18 bits per heavy atom. The number of hydrogen-bond donors (Lipinski definition) is 1. The molecule has 2 aromatic carbocycles. The molecule has 0 unspecified atom stereocenters. The number of carbonyl (C=O) groups is 1. The lowest BCUT2D eigenvalue weighted by atomic mass is 9.73. The monoisotopic (exact) mass is 401 g/mol. The van der Waals surface area contributed by atoms with Crippen molar-refractivity contribution >= 4 is 23.2 Å². The van der Waals surface area contributed by atoms with Crippen LogP contribution >= 0.6 is 11.6 Å². The minimum Gasteiger partial charge on any atom is -0.493 e. The van der Waals surface area contributed by atoms with Gasteiger partial charge in [-0.1, -0.05) is 37.6 Å². The average molecular weight is 402 g/mol. The molecule has 150 valence electrons. The van der Waals surface area contributed by atoms with Crippen LogP contribution in [0.15, 0.2) is 42.5 Å². The molecule has 28 heavy (non-hydrogen) atoms. The van der Waals surface area contributed by atoms with Gasteiger partial charge in [-0.25, -0.2) is 0 Å². The van der Waals surface area contributed by atoms with E-state index < -0.39 is 5.41 Å². The van der Waals surface area contributed by atoms with E-state index in [1.54, 1.807) is 0 Å². The topological polar surface area (TPSA) is 47.6 Å². The Hall–Kier alpha value is -2.04. The lowest BCUT2D eigenvalue weighted by Gasteiger charge is -2.36. The standard InChI is InChI=1S/C23H28ClNO3/c1-16(2)15-28-21-9-8-20(14-17(21)3)25-22(26)23(10-12-27-13-11-23)18-4-6-19(24)7-5-18/h4-9,14,16H,10-13,15H2,1-3H3,(H,25,26). The first-order valence-corrected chi connectivity index (χ1v) is 10.2. The fourth-order valence-electron chi connectivity index (χ4n) is 3.53. The van der Waals surface area contributed by atoms with E-state index in [0.29, 0.717) is 43.6 Å². The van der Waals surface area contributed by atoms with Gasteiger partial charge in [0, 0.05) is 23.9 Å². The van der Waals surface area contributed by atoms with Crippen molar-refractivity contribution in [2.75, 3.05) is 25.1 Å². The molecule has 1 fully saturated rings. The van der Waals surface area contributed by atoms with Crippen molar-refractivity contribution in [1.82, 2.24) is 0 Å². The summed E-state index contributed by atoms with van der Waals surface area (Å²) < 4.78 is 11.4. The maximum absolute atomic E-state index is 13.4. The number of nitrogens with one attached hydrogen (secondary N) is 1. The molecule has 1 saturated heterocycles. The van der Waals surface area contributed by atoms with E-state index in [4.69, 9.17) is 21.1 Å². The van der Waals surface area contributed by atoms with Gasteiger partial charge in [-0.05, 0) is 67.1 Å². The second kappa shape index (κ2) is 8.97. The van der Waals surface area contributed by atoms with Crippen LogP contribution in [0.1, 0.15) is 37.8 Å². The molecule has 1 amide bonds. The fraction of sp³-hybridized carbons (Fsp3) is 0.435. The number of hydrogen-bond acceptors (Lipinski definition) is 3. The smallest absolute Gasteiger partial charge is 0.235 e. The molecule has 0 aromatic heterocycles. The largest absolute Gasteiger partial charge is 0.493 e. The van der Waals surface area contributed by atoms with Gasteiger partial charge in [0.05, 0.1) is 12.0 Å². The Balaban J connectivity index is 1.80. The highest BCUT2D eigenvalue weighted by Gasteiger charge is 2.41. The van der Waals surface area contributed by atoms with Crippen LogP contribution in [0.2, 0.25) is 5.02 Å². The third-order valence-corrected chi connectivity index (χ3v) is 5.43. The van der Waals surface area contributed by atoms with E-state index in [0.717, 1.165) is 22.6 Å². The summed E-state index contributed by atoms with van der Waals surface area (Å²) in [7, 11) is 0. The summed E-state index contributed by atoms with van der Waals surface area (Å²) >= 11 is 6.05. The molecule has 3 rings (SSSR count). The van der Waals surface area contributed by atoms with Crippen LogP contribution in [-0.4, -0.2) is 25.7 Å². The first-order chi connectivity index (χ1) is 13.4. The summed E-state index contributed by atoms with van der Waals surface area (Å²) in [4.78, 5) is 13.4. The van der Waals surface area contributed by atoms with E-state index in [1.165, 1.54) is 0 Å². The molecule has 0 bridgehead atoms. The number of anilines is 1. The van der Waals surface area contributed by atoms with Crippen LogP contribution in [0.5, 0.6) is 5.75 Å². The lowest BCUT2D eigenvalue weighted by Crippen LogP contribution is -2.44. The predicted octanol–water partition coefficient (Wildman–Crippen LogP) is 5.37. The van der Waals surface area contributed by atoms with Crippen molar-refractivity contribution in [3.05, 3.63) is 58.6 Å². The molecular weight excluding hydrogens is 374 g/mol. The number of rotatable bonds is 6. The molecule has 4 nitrogen and oxygen atoms in total. The minimum atomic E-state index is -0.608. The SMILES string of the molecule is Cc1cc(NC(=O)C2(c3ccc(Cl)cc3)CCOCC2)ccc1OCC(C)C. The predicted molar refractivity (Wildman–Crippen MR) is 113 cm³/mol. The van der Waals surface area contributed by atoms with Crippen molar-refractivity contribution in [2.45, 2.75) is 39.0 Å². The molecule has 1 heterocycles. The van der Waals surface area contributed by atoms with E-state index in [2.05, 4.69) is 19.2 Å². The Morgan fingerprint density at radius 3 is 2.46 bits per heavy atom. The van der Waals surface area contributed by atoms with Crippen molar-refractivity contribution in [2.24, 2.45) is 5.92 Å². The highest BCUT2D eigenvalue weighted by Crippen LogP contribution is 2.37. The maximum Gasteiger partial charge on any atom is 0.235 e. The first kappa shape index (κ1) is 20.7. The summed E-state index contributed by atoms with van der Waals surface area (Å²) in [6, 6.07) is 13.4. The number of carbonyl (C=O) groups excluding carboxylic acids is 1. The summed E-state index contributed by atoms with van der Waals surface area (Å²) in [5.41, 5.74) is 2.15. The van der Waals surface area contributed by atoms with Gasteiger partial charge in [0.2, 0.25) is 5.91 Å². The number of amides is 1. The molecule has 0 spiro atoms. The Labute approximate surface area is 172 Å². The molecular formula is C23H28ClNO3. The van der Waals surface area contributed by atoms with Crippen molar-refractivity contribution in [1.29, 1.82) is 0 Å². The number of halogens is 1. The molecule has 0 radical (unpaired) electrons. The molecule has 0 saturated carbocycles. The summed E-state index contributed by atoms with van der Waals surface area (Å²) in [6.45, 7) is 8.04.